The van der Waals surface area contributed by atoms with E-state index < -0.39 is 16.8 Å². The zero-order chi connectivity index (χ0) is 15.9. The van der Waals surface area contributed by atoms with Gasteiger partial charge in [0.15, 0.2) is 0 Å². The van der Waals surface area contributed by atoms with E-state index in [0.717, 1.165) is 12.8 Å². The molecule has 0 saturated heterocycles. The van der Waals surface area contributed by atoms with Gasteiger partial charge in [0.2, 0.25) is 5.91 Å². The summed E-state index contributed by atoms with van der Waals surface area (Å²) in [5.74, 6) is -0.396. The maximum Gasteiger partial charge on any atom is 0.325 e. The van der Waals surface area contributed by atoms with Crippen molar-refractivity contribution in [3.63, 3.8) is 0 Å². The van der Waals surface area contributed by atoms with Gasteiger partial charge in [-0.15, -0.1) is 0 Å². The van der Waals surface area contributed by atoms with E-state index in [1.807, 2.05) is 0 Å². The van der Waals surface area contributed by atoms with Crippen LogP contribution in [0.1, 0.15) is 18.4 Å². The molecule has 116 valence electrons. The van der Waals surface area contributed by atoms with E-state index in [9.17, 15) is 19.7 Å². The highest BCUT2D eigenvalue weighted by molar-refractivity contribution is 5.93. The second kappa shape index (κ2) is 7.35. The minimum atomic E-state index is -0.493. The highest BCUT2D eigenvalue weighted by Gasteiger charge is 2.22. The van der Waals surface area contributed by atoms with Crippen LogP contribution < -0.4 is 5.32 Å². The molecule has 0 radical (unpaired) electrons. The molecule has 7 nitrogen and oxygen atoms in total. The number of rotatable bonds is 7. The van der Waals surface area contributed by atoms with Crippen LogP contribution >= 0.6 is 0 Å². The van der Waals surface area contributed by atoms with Crippen LogP contribution in [0.3, 0.4) is 0 Å². The van der Waals surface area contributed by atoms with Crippen molar-refractivity contribution in [3.8, 4) is 0 Å². The second-order valence-electron chi connectivity index (χ2n) is 5.03. The first-order valence-electron chi connectivity index (χ1n) is 6.90. The van der Waals surface area contributed by atoms with Crippen molar-refractivity contribution in [2.75, 3.05) is 13.2 Å². The Labute approximate surface area is 127 Å². The lowest BCUT2D eigenvalue weighted by atomic mass is 10.2. The van der Waals surface area contributed by atoms with Gasteiger partial charge in [0, 0.05) is 18.2 Å². The molecule has 22 heavy (non-hydrogen) atoms. The Morgan fingerprint density at radius 2 is 2.00 bits per heavy atom. The summed E-state index contributed by atoms with van der Waals surface area (Å²) in [6, 6.07) is 5.78. The number of carbonyl (C=O) groups is 2. The quantitative estimate of drug-likeness (QED) is 0.357. The molecule has 0 spiro atoms. The number of nitrogens with zero attached hydrogens (tertiary/aromatic N) is 1. The number of hydrogen-bond acceptors (Lipinski definition) is 5. The number of nitro benzene ring substituents is 1. The van der Waals surface area contributed by atoms with E-state index in [-0.39, 0.29) is 12.2 Å². The van der Waals surface area contributed by atoms with Crippen LogP contribution in [-0.4, -0.2) is 30.0 Å². The molecule has 1 aliphatic carbocycles. The highest BCUT2D eigenvalue weighted by Crippen LogP contribution is 2.28. The molecule has 0 bridgehead atoms. The number of non-ortho nitro benzene ring substituents is 1. The Kier molecular flexibility index (Phi) is 5.24. The Morgan fingerprint density at radius 1 is 1.32 bits per heavy atom. The predicted octanol–water partition coefficient (Wildman–Crippen LogP) is 1.68. The van der Waals surface area contributed by atoms with E-state index in [4.69, 9.17) is 4.74 Å². The molecule has 1 amide bonds. The standard InChI is InChI=1S/C15H16N2O5/c18-14(16-9-15(19)22-10-12-1-2-12)8-5-11-3-6-13(7-4-11)17(20)21/h3-8,12H,1-2,9-10H2,(H,16,18). The van der Waals surface area contributed by atoms with Gasteiger partial charge in [-0.3, -0.25) is 19.7 Å². The molecule has 0 atom stereocenters. The SMILES string of the molecule is O=C(C=Cc1ccc([N+](=O)[O-])cc1)NCC(=O)OCC1CC1. The average Bonchev–Trinajstić information content (AvgIpc) is 3.33. The predicted molar refractivity (Wildman–Crippen MR) is 78.8 cm³/mol. The first-order chi connectivity index (χ1) is 10.5. The summed E-state index contributed by atoms with van der Waals surface area (Å²) in [6.07, 6.45) is 4.96. The zero-order valence-electron chi connectivity index (χ0n) is 11.9. The third-order valence-corrected chi connectivity index (χ3v) is 3.11. The lowest BCUT2D eigenvalue weighted by molar-refractivity contribution is -0.384. The monoisotopic (exact) mass is 304 g/mol. The molecule has 1 aromatic carbocycles. The molecule has 1 aliphatic rings. The number of ether oxygens (including phenoxy) is 1. The molecule has 0 unspecified atom stereocenters. The topological polar surface area (TPSA) is 98.5 Å². The first-order valence-corrected chi connectivity index (χ1v) is 6.90. The zero-order valence-corrected chi connectivity index (χ0v) is 11.9. The summed E-state index contributed by atoms with van der Waals surface area (Å²) in [5.41, 5.74) is 0.636. The molecule has 0 aromatic heterocycles. The number of hydrogen-bond donors (Lipinski definition) is 1. The van der Waals surface area contributed by atoms with Crippen molar-refractivity contribution in [1.82, 2.24) is 5.32 Å². The van der Waals surface area contributed by atoms with E-state index >= 15 is 0 Å². The van der Waals surface area contributed by atoms with Crippen molar-refractivity contribution in [2.24, 2.45) is 5.92 Å². The van der Waals surface area contributed by atoms with Gasteiger partial charge < -0.3 is 10.1 Å². The molecule has 1 fully saturated rings. The molecule has 7 heteroatoms. The molecular formula is C15H16N2O5. The van der Waals surface area contributed by atoms with E-state index in [0.29, 0.717) is 18.1 Å². The van der Waals surface area contributed by atoms with Gasteiger partial charge in [0.1, 0.15) is 6.54 Å². The van der Waals surface area contributed by atoms with E-state index in [1.54, 1.807) is 0 Å². The molecule has 0 heterocycles. The van der Waals surface area contributed by atoms with Crippen molar-refractivity contribution in [2.45, 2.75) is 12.8 Å². The van der Waals surface area contributed by atoms with Crippen molar-refractivity contribution in [3.05, 3.63) is 46.0 Å². The van der Waals surface area contributed by atoms with E-state index in [2.05, 4.69) is 5.32 Å². The summed E-state index contributed by atoms with van der Waals surface area (Å²) in [6.45, 7) is 0.253. The Morgan fingerprint density at radius 3 is 2.59 bits per heavy atom. The molecule has 1 N–H and O–H groups in total. The molecule has 0 aliphatic heterocycles. The molecule has 1 saturated carbocycles. The summed E-state index contributed by atoms with van der Waals surface area (Å²) in [5, 5.41) is 12.9. The Bertz CT molecular complexity index is 590. The van der Waals surface area contributed by atoms with Gasteiger partial charge in [0.25, 0.3) is 5.69 Å². The highest BCUT2D eigenvalue weighted by atomic mass is 16.6. The van der Waals surface area contributed by atoms with Crippen LogP contribution in [0, 0.1) is 16.0 Å². The summed E-state index contributed by atoms with van der Waals surface area (Å²) in [7, 11) is 0. The fraction of sp³-hybridized carbons (Fsp3) is 0.333. The lowest BCUT2D eigenvalue weighted by Gasteiger charge is -2.03. The Balaban J connectivity index is 1.73. The van der Waals surface area contributed by atoms with Crippen LogP contribution in [0.2, 0.25) is 0 Å². The van der Waals surface area contributed by atoms with Gasteiger partial charge in [-0.1, -0.05) is 0 Å². The number of amides is 1. The molecule has 2 rings (SSSR count). The lowest BCUT2D eigenvalue weighted by Crippen LogP contribution is -2.29. The Hall–Kier alpha value is -2.70. The number of nitro groups is 1. The number of esters is 1. The van der Waals surface area contributed by atoms with Gasteiger partial charge >= 0.3 is 5.97 Å². The van der Waals surface area contributed by atoms with Crippen molar-refractivity contribution in [1.29, 1.82) is 0 Å². The fourth-order valence-corrected chi connectivity index (χ4v) is 1.64. The second-order valence-corrected chi connectivity index (χ2v) is 5.03. The first kappa shape index (κ1) is 15.7. The fourth-order valence-electron chi connectivity index (χ4n) is 1.64. The van der Waals surface area contributed by atoms with Gasteiger partial charge in [-0.05, 0) is 42.5 Å². The van der Waals surface area contributed by atoms with Crippen LogP contribution in [0.25, 0.3) is 6.08 Å². The van der Waals surface area contributed by atoms with Gasteiger partial charge in [-0.25, -0.2) is 0 Å². The number of carbonyl (C=O) groups excluding carboxylic acids is 2. The van der Waals surface area contributed by atoms with E-state index in [1.165, 1.54) is 36.4 Å². The summed E-state index contributed by atoms with van der Waals surface area (Å²) in [4.78, 5) is 32.9. The average molecular weight is 304 g/mol. The van der Waals surface area contributed by atoms with Crippen LogP contribution in [0.5, 0.6) is 0 Å². The van der Waals surface area contributed by atoms with Crippen molar-refractivity contribution < 1.29 is 19.2 Å². The normalized spacial score (nSPS) is 13.8. The number of nitrogens with one attached hydrogen (secondary N) is 1. The molecular weight excluding hydrogens is 288 g/mol. The number of benzene rings is 1. The van der Waals surface area contributed by atoms with Gasteiger partial charge in [-0.2, -0.15) is 0 Å². The summed E-state index contributed by atoms with van der Waals surface area (Å²) >= 11 is 0. The third-order valence-electron chi connectivity index (χ3n) is 3.11. The van der Waals surface area contributed by atoms with Crippen LogP contribution in [0.15, 0.2) is 30.3 Å². The largest absolute Gasteiger partial charge is 0.464 e. The van der Waals surface area contributed by atoms with Gasteiger partial charge in [0.05, 0.1) is 11.5 Å². The summed E-state index contributed by atoms with van der Waals surface area (Å²) < 4.78 is 4.97. The van der Waals surface area contributed by atoms with Crippen molar-refractivity contribution >= 4 is 23.6 Å². The maximum absolute atomic E-state index is 11.5. The maximum atomic E-state index is 11.5. The minimum Gasteiger partial charge on any atom is -0.464 e. The van der Waals surface area contributed by atoms with Crippen LogP contribution in [0.4, 0.5) is 5.69 Å². The molecule has 1 aromatic rings. The third kappa shape index (κ3) is 5.35. The smallest absolute Gasteiger partial charge is 0.325 e. The van der Waals surface area contributed by atoms with Crippen LogP contribution in [-0.2, 0) is 14.3 Å². The minimum absolute atomic E-state index is 0.0139.